The first-order valence-electron chi connectivity index (χ1n) is 5.99. The minimum Gasteiger partial charge on any atom is -0.335 e. The largest absolute Gasteiger partial charge is 0.335 e. The van der Waals surface area contributed by atoms with Gasteiger partial charge in [-0.1, -0.05) is 30.3 Å². The third-order valence-corrected chi connectivity index (χ3v) is 3.16. The summed E-state index contributed by atoms with van der Waals surface area (Å²) >= 11 is 0. The number of hydrogen-bond acceptors (Lipinski definition) is 3. The summed E-state index contributed by atoms with van der Waals surface area (Å²) in [5.74, 6) is 0. The predicted molar refractivity (Wildman–Crippen MR) is 73.5 cm³/mol. The fraction of sp³-hybridized carbons (Fsp3) is 0. The van der Waals surface area contributed by atoms with E-state index in [0.29, 0.717) is 0 Å². The smallest absolute Gasteiger partial charge is 0.174 e. The second-order valence-electron chi connectivity index (χ2n) is 4.34. The Bertz CT molecular complexity index is 879. The van der Waals surface area contributed by atoms with Crippen LogP contribution in [-0.4, -0.2) is 20.2 Å². The second kappa shape index (κ2) is 3.88. The second-order valence-corrected chi connectivity index (χ2v) is 4.34. The third-order valence-electron chi connectivity index (χ3n) is 3.16. The summed E-state index contributed by atoms with van der Waals surface area (Å²) in [5.41, 5.74) is 4.50. The molecular formula is C15H9N4. The van der Waals surface area contributed by atoms with Crippen LogP contribution in [0.1, 0.15) is 0 Å². The van der Waals surface area contributed by atoms with Crippen LogP contribution in [0.15, 0.2) is 48.5 Å². The van der Waals surface area contributed by atoms with Crippen molar-refractivity contribution >= 4 is 21.9 Å². The van der Waals surface area contributed by atoms with Crippen LogP contribution in [0, 0.1) is 6.33 Å². The lowest BCUT2D eigenvalue weighted by Gasteiger charge is -2.02. The predicted octanol–water partition coefficient (Wildman–Crippen LogP) is 2.97. The van der Waals surface area contributed by atoms with E-state index in [4.69, 9.17) is 0 Å². The Labute approximate surface area is 109 Å². The molecule has 89 valence electrons. The topological polar surface area (TPSA) is 54.5 Å². The van der Waals surface area contributed by atoms with Crippen molar-refractivity contribution < 1.29 is 0 Å². The summed E-state index contributed by atoms with van der Waals surface area (Å²) in [7, 11) is 0. The van der Waals surface area contributed by atoms with Crippen LogP contribution in [-0.2, 0) is 0 Å². The summed E-state index contributed by atoms with van der Waals surface area (Å²) in [6.45, 7) is 0. The fourth-order valence-corrected chi connectivity index (χ4v) is 2.23. The Morgan fingerprint density at radius 1 is 0.947 bits per heavy atom. The number of nitrogens with one attached hydrogen (secondary N) is 1. The number of para-hydroxylation sites is 1. The maximum absolute atomic E-state index is 4.29. The van der Waals surface area contributed by atoms with Crippen molar-refractivity contribution in [3.63, 3.8) is 0 Å². The first-order chi connectivity index (χ1) is 9.42. The van der Waals surface area contributed by atoms with Crippen molar-refractivity contribution in [2.24, 2.45) is 0 Å². The van der Waals surface area contributed by atoms with Crippen molar-refractivity contribution in [3.05, 3.63) is 54.9 Å². The van der Waals surface area contributed by atoms with Gasteiger partial charge in [-0.25, -0.2) is 4.98 Å². The highest BCUT2D eigenvalue weighted by Gasteiger charge is 2.08. The summed E-state index contributed by atoms with van der Waals surface area (Å²) < 4.78 is 0. The van der Waals surface area contributed by atoms with Gasteiger partial charge < -0.3 is 4.98 Å². The van der Waals surface area contributed by atoms with Crippen LogP contribution >= 0.6 is 0 Å². The van der Waals surface area contributed by atoms with Crippen LogP contribution in [0.4, 0.5) is 0 Å². The molecule has 1 radical (unpaired) electrons. The molecule has 0 bridgehead atoms. The Balaban J connectivity index is 2.01. The lowest BCUT2D eigenvalue weighted by atomic mass is 10.1. The van der Waals surface area contributed by atoms with Gasteiger partial charge in [-0.2, -0.15) is 0 Å². The first-order valence-corrected chi connectivity index (χ1v) is 5.99. The summed E-state index contributed by atoms with van der Waals surface area (Å²) in [6, 6.07) is 15.9. The zero-order valence-electron chi connectivity index (χ0n) is 9.96. The molecule has 0 spiro atoms. The van der Waals surface area contributed by atoms with E-state index >= 15 is 0 Å². The van der Waals surface area contributed by atoms with Crippen molar-refractivity contribution in [1.29, 1.82) is 0 Å². The van der Waals surface area contributed by atoms with Gasteiger partial charge in [0.05, 0.1) is 22.2 Å². The highest BCUT2D eigenvalue weighted by molar-refractivity contribution is 5.92. The molecule has 0 fully saturated rings. The molecule has 0 saturated carbocycles. The number of nitrogens with zero attached hydrogens (tertiary/aromatic N) is 3. The Morgan fingerprint density at radius 3 is 2.89 bits per heavy atom. The Morgan fingerprint density at radius 2 is 1.89 bits per heavy atom. The van der Waals surface area contributed by atoms with Gasteiger partial charge in [0.25, 0.3) is 0 Å². The number of hydrogen-bond donors (Lipinski definition) is 1. The summed E-state index contributed by atoms with van der Waals surface area (Å²) in [6.07, 6.45) is 2.76. The molecule has 4 rings (SSSR count). The normalized spacial score (nSPS) is 11.2. The van der Waals surface area contributed by atoms with Gasteiger partial charge in [-0.05, 0) is 18.2 Å². The zero-order chi connectivity index (χ0) is 12.7. The summed E-state index contributed by atoms with van der Waals surface area (Å²) in [5, 5.41) is 9.61. The molecule has 0 aliphatic rings. The molecule has 0 aliphatic carbocycles. The van der Waals surface area contributed by atoms with E-state index in [1.807, 2.05) is 48.5 Å². The van der Waals surface area contributed by atoms with Crippen LogP contribution in [0.5, 0.6) is 0 Å². The first kappa shape index (κ1) is 10.2. The average Bonchev–Trinajstić information content (AvgIpc) is 2.95. The number of benzene rings is 2. The average molecular weight is 245 g/mol. The number of imidazole rings is 1. The third kappa shape index (κ3) is 1.57. The van der Waals surface area contributed by atoms with E-state index in [9.17, 15) is 0 Å². The highest BCUT2D eigenvalue weighted by Crippen LogP contribution is 2.26. The molecular weight excluding hydrogens is 236 g/mol. The van der Waals surface area contributed by atoms with Gasteiger partial charge in [0.15, 0.2) is 6.33 Å². The molecule has 0 amide bonds. The molecule has 2 heterocycles. The molecule has 0 aliphatic heterocycles. The maximum Gasteiger partial charge on any atom is 0.174 e. The summed E-state index contributed by atoms with van der Waals surface area (Å²) in [4.78, 5) is 7.21. The number of rotatable bonds is 1. The number of fused-ring (bicyclic) bond motifs is 2. The minimum absolute atomic E-state index is 0.824. The maximum atomic E-state index is 4.29. The molecule has 0 saturated heterocycles. The molecule has 4 aromatic rings. The van der Waals surface area contributed by atoms with Gasteiger partial charge in [0.1, 0.15) is 0 Å². The van der Waals surface area contributed by atoms with E-state index in [1.165, 1.54) is 0 Å². The van der Waals surface area contributed by atoms with Crippen LogP contribution in [0.3, 0.4) is 0 Å². The zero-order valence-corrected chi connectivity index (χ0v) is 9.96. The number of aromatic nitrogens is 4. The van der Waals surface area contributed by atoms with E-state index in [2.05, 4.69) is 26.5 Å². The van der Waals surface area contributed by atoms with Gasteiger partial charge in [-0.3, -0.25) is 0 Å². The van der Waals surface area contributed by atoms with Crippen LogP contribution in [0.25, 0.3) is 33.2 Å². The number of H-pyrrole nitrogens is 1. The van der Waals surface area contributed by atoms with Crippen molar-refractivity contribution in [3.8, 4) is 11.3 Å². The standard InChI is InChI=1S/C15H9N4/c1-2-6-12-10(4-1)8-14(19-18-12)11-5-3-7-13-15(11)17-9-16-13/h1-8H,(H,16,17). The van der Waals surface area contributed by atoms with E-state index in [-0.39, 0.29) is 0 Å². The van der Waals surface area contributed by atoms with Gasteiger partial charge in [0, 0.05) is 10.9 Å². The van der Waals surface area contributed by atoms with E-state index in [1.54, 1.807) is 0 Å². The molecule has 4 nitrogen and oxygen atoms in total. The SMILES string of the molecule is [c]1nc2c(-c3cc4ccccc4nn3)cccc2[nH]1. The lowest BCUT2D eigenvalue weighted by molar-refractivity contribution is 1.08. The minimum atomic E-state index is 0.824. The Kier molecular flexibility index (Phi) is 2.08. The van der Waals surface area contributed by atoms with Crippen molar-refractivity contribution in [2.75, 3.05) is 0 Å². The molecule has 2 aromatic heterocycles. The van der Waals surface area contributed by atoms with Gasteiger partial charge >= 0.3 is 0 Å². The monoisotopic (exact) mass is 245 g/mol. The molecule has 0 atom stereocenters. The Hall–Kier alpha value is -2.75. The van der Waals surface area contributed by atoms with Crippen LogP contribution < -0.4 is 0 Å². The highest BCUT2D eigenvalue weighted by atomic mass is 15.1. The molecule has 19 heavy (non-hydrogen) atoms. The lowest BCUT2D eigenvalue weighted by Crippen LogP contribution is -1.89. The fourth-order valence-electron chi connectivity index (χ4n) is 2.23. The molecule has 1 N–H and O–H groups in total. The van der Waals surface area contributed by atoms with E-state index in [0.717, 1.165) is 33.2 Å². The van der Waals surface area contributed by atoms with E-state index < -0.39 is 0 Å². The van der Waals surface area contributed by atoms with Gasteiger partial charge in [0.2, 0.25) is 0 Å². The quantitative estimate of drug-likeness (QED) is 0.561. The van der Waals surface area contributed by atoms with Crippen LogP contribution in [0.2, 0.25) is 0 Å². The molecule has 2 aromatic carbocycles. The molecule has 0 unspecified atom stereocenters. The number of aromatic amines is 1. The molecule has 4 heteroatoms. The van der Waals surface area contributed by atoms with Gasteiger partial charge in [-0.15, -0.1) is 10.2 Å². The van der Waals surface area contributed by atoms with Crippen molar-refractivity contribution in [2.45, 2.75) is 0 Å². The van der Waals surface area contributed by atoms with Crippen molar-refractivity contribution in [1.82, 2.24) is 20.2 Å².